The number of aromatic nitrogens is 2. The molecule has 0 bridgehead atoms. The van der Waals surface area contributed by atoms with Crippen LogP contribution in [0.3, 0.4) is 0 Å². The predicted molar refractivity (Wildman–Crippen MR) is 105 cm³/mol. The van der Waals surface area contributed by atoms with Gasteiger partial charge in [-0.2, -0.15) is 0 Å². The second-order valence-electron chi connectivity index (χ2n) is 6.89. The van der Waals surface area contributed by atoms with Crippen LogP contribution in [0.25, 0.3) is 11.0 Å². The highest BCUT2D eigenvalue weighted by Crippen LogP contribution is 2.26. The molecule has 1 aliphatic rings. The smallest absolute Gasteiger partial charge is 0.335 e. The molecule has 1 unspecified atom stereocenters. The highest BCUT2D eigenvalue weighted by molar-refractivity contribution is 6.00. The van der Waals surface area contributed by atoms with Crippen molar-refractivity contribution in [3.63, 3.8) is 0 Å². The molecule has 1 aromatic heterocycles. The minimum absolute atomic E-state index is 0.186. The number of carboxylic acids is 1. The molecule has 3 aromatic rings. The van der Waals surface area contributed by atoms with E-state index < -0.39 is 17.9 Å². The van der Waals surface area contributed by atoms with Gasteiger partial charge in [-0.15, -0.1) is 0 Å². The number of carboxylic acid groups (broad SMARTS) is 1. The van der Waals surface area contributed by atoms with Crippen molar-refractivity contribution in [2.24, 2.45) is 7.05 Å². The number of hydrogen-bond donors (Lipinski definition) is 3. The highest BCUT2D eigenvalue weighted by atomic mass is 16.4. The molecule has 2 aromatic carbocycles. The van der Waals surface area contributed by atoms with Gasteiger partial charge in [0.2, 0.25) is 11.8 Å². The fourth-order valence-corrected chi connectivity index (χ4v) is 3.53. The van der Waals surface area contributed by atoms with E-state index in [1.54, 1.807) is 37.4 Å². The van der Waals surface area contributed by atoms with E-state index in [0.29, 0.717) is 22.4 Å². The molecule has 148 valence electrons. The van der Waals surface area contributed by atoms with E-state index in [1.165, 1.54) is 21.3 Å². The fourth-order valence-electron chi connectivity index (χ4n) is 3.53. The van der Waals surface area contributed by atoms with Gasteiger partial charge in [0.1, 0.15) is 6.04 Å². The molecule has 0 radical (unpaired) electrons. The van der Waals surface area contributed by atoms with Crippen LogP contribution in [0.4, 0.5) is 11.4 Å². The van der Waals surface area contributed by atoms with Crippen LogP contribution in [0.1, 0.15) is 29.2 Å². The van der Waals surface area contributed by atoms with E-state index in [0.717, 1.165) is 0 Å². The first kappa shape index (κ1) is 18.5. The van der Waals surface area contributed by atoms with E-state index in [4.69, 9.17) is 5.11 Å². The number of imidazole rings is 1. The molecule has 9 heteroatoms. The normalized spacial score (nSPS) is 16.7. The van der Waals surface area contributed by atoms with Gasteiger partial charge in [-0.25, -0.2) is 9.59 Å². The van der Waals surface area contributed by atoms with Crippen LogP contribution in [0.2, 0.25) is 0 Å². The Labute approximate surface area is 164 Å². The Hall–Kier alpha value is -3.88. The number of fused-ring (bicyclic) bond motifs is 1. The van der Waals surface area contributed by atoms with Crippen LogP contribution in [0.15, 0.2) is 47.3 Å². The van der Waals surface area contributed by atoms with Crippen molar-refractivity contribution in [1.29, 1.82) is 0 Å². The van der Waals surface area contributed by atoms with Crippen molar-refractivity contribution in [2.75, 3.05) is 5.32 Å². The summed E-state index contributed by atoms with van der Waals surface area (Å²) in [6.45, 7) is 0. The fraction of sp³-hybridized carbons (Fsp3) is 0.200. The first-order valence-corrected chi connectivity index (χ1v) is 9.00. The molecule has 1 fully saturated rings. The SMILES string of the molecule is Cn1c(=O)n(C2CCC(=O)NC2=O)c2ccc(Nc3ccc(C(=O)O)cc3)cc21. The van der Waals surface area contributed by atoms with E-state index in [1.807, 2.05) is 0 Å². The molecule has 9 nitrogen and oxygen atoms in total. The number of nitrogens with zero attached hydrogens (tertiary/aromatic N) is 2. The first-order chi connectivity index (χ1) is 13.8. The maximum Gasteiger partial charge on any atom is 0.335 e. The number of imide groups is 1. The summed E-state index contributed by atoms with van der Waals surface area (Å²) in [5.74, 6) is -1.81. The lowest BCUT2D eigenvalue weighted by Crippen LogP contribution is -2.44. The Morgan fingerprint density at radius 3 is 2.41 bits per heavy atom. The van der Waals surface area contributed by atoms with Crippen molar-refractivity contribution in [2.45, 2.75) is 18.9 Å². The molecule has 1 aliphatic heterocycles. The number of hydrogen-bond acceptors (Lipinski definition) is 5. The zero-order chi connectivity index (χ0) is 20.7. The Bertz CT molecular complexity index is 1210. The average Bonchev–Trinajstić information content (AvgIpc) is 2.93. The number of amides is 2. The van der Waals surface area contributed by atoms with Crippen molar-refractivity contribution in [3.8, 4) is 0 Å². The molecule has 1 atom stereocenters. The van der Waals surface area contributed by atoms with Crippen LogP contribution < -0.4 is 16.3 Å². The molecule has 0 saturated carbocycles. The Kier molecular flexibility index (Phi) is 4.42. The molecule has 4 rings (SSSR count). The number of anilines is 2. The predicted octanol–water partition coefficient (Wildman–Crippen LogP) is 1.76. The quantitative estimate of drug-likeness (QED) is 0.580. The van der Waals surface area contributed by atoms with Crippen LogP contribution in [0, 0.1) is 0 Å². The second kappa shape index (κ2) is 6.93. The Morgan fingerprint density at radius 2 is 1.76 bits per heavy atom. The summed E-state index contributed by atoms with van der Waals surface area (Å²) in [4.78, 5) is 47.4. The Balaban J connectivity index is 1.69. The summed E-state index contributed by atoms with van der Waals surface area (Å²) < 4.78 is 2.88. The molecule has 2 amide bonds. The first-order valence-electron chi connectivity index (χ1n) is 9.00. The number of rotatable bonds is 4. The van der Waals surface area contributed by atoms with Gasteiger partial charge in [0.25, 0.3) is 0 Å². The van der Waals surface area contributed by atoms with Gasteiger partial charge in [0.15, 0.2) is 0 Å². The lowest BCUT2D eigenvalue weighted by Gasteiger charge is -2.21. The Morgan fingerprint density at radius 1 is 1.07 bits per heavy atom. The second-order valence-corrected chi connectivity index (χ2v) is 6.89. The van der Waals surface area contributed by atoms with E-state index >= 15 is 0 Å². The van der Waals surface area contributed by atoms with Crippen molar-refractivity contribution < 1.29 is 19.5 Å². The zero-order valence-electron chi connectivity index (χ0n) is 15.5. The number of carbonyl (C=O) groups is 3. The van der Waals surface area contributed by atoms with E-state index in [9.17, 15) is 19.2 Å². The summed E-state index contributed by atoms with van der Waals surface area (Å²) in [7, 11) is 1.62. The van der Waals surface area contributed by atoms with Crippen LogP contribution in [0.5, 0.6) is 0 Å². The standard InChI is InChI=1S/C20H18N4O5/c1-23-16-10-13(21-12-4-2-11(3-5-12)19(27)28)6-7-14(16)24(20(23)29)15-8-9-17(25)22-18(15)26/h2-7,10,15,21H,8-9H2,1H3,(H,27,28)(H,22,25,26). The number of piperidine rings is 1. The van der Waals surface area contributed by atoms with Crippen LogP contribution in [-0.2, 0) is 16.6 Å². The molecule has 1 saturated heterocycles. The maximum atomic E-state index is 12.8. The largest absolute Gasteiger partial charge is 0.478 e. The number of benzene rings is 2. The van der Waals surface area contributed by atoms with Crippen LogP contribution >= 0.6 is 0 Å². The lowest BCUT2D eigenvalue weighted by atomic mass is 10.1. The molecular weight excluding hydrogens is 376 g/mol. The topological polar surface area (TPSA) is 122 Å². The zero-order valence-corrected chi connectivity index (χ0v) is 15.5. The van der Waals surface area contributed by atoms with Gasteiger partial charge in [-0.1, -0.05) is 0 Å². The lowest BCUT2D eigenvalue weighted by molar-refractivity contribution is -0.135. The van der Waals surface area contributed by atoms with Gasteiger partial charge in [0, 0.05) is 24.8 Å². The summed E-state index contributed by atoms with van der Waals surface area (Å²) in [5, 5.41) is 14.4. The third kappa shape index (κ3) is 3.27. The third-order valence-electron chi connectivity index (χ3n) is 5.03. The third-order valence-corrected chi connectivity index (χ3v) is 5.03. The number of aryl methyl sites for hydroxylation is 1. The van der Waals surface area contributed by atoms with E-state index in [2.05, 4.69) is 10.6 Å². The van der Waals surface area contributed by atoms with Gasteiger partial charge in [-0.05, 0) is 48.9 Å². The molecule has 2 heterocycles. The minimum atomic E-state index is -0.997. The molecule has 3 N–H and O–H groups in total. The highest BCUT2D eigenvalue weighted by Gasteiger charge is 2.31. The summed E-state index contributed by atoms with van der Waals surface area (Å²) in [6, 6.07) is 10.9. The average molecular weight is 394 g/mol. The van der Waals surface area contributed by atoms with Gasteiger partial charge in [0.05, 0.1) is 16.6 Å². The maximum absolute atomic E-state index is 12.8. The monoisotopic (exact) mass is 394 g/mol. The van der Waals surface area contributed by atoms with Crippen molar-refractivity contribution >= 4 is 40.2 Å². The van der Waals surface area contributed by atoms with Gasteiger partial charge < -0.3 is 10.4 Å². The molecule has 0 spiro atoms. The van der Waals surface area contributed by atoms with Gasteiger partial charge in [-0.3, -0.25) is 24.0 Å². The summed E-state index contributed by atoms with van der Waals surface area (Å²) >= 11 is 0. The van der Waals surface area contributed by atoms with Crippen molar-refractivity contribution in [1.82, 2.24) is 14.5 Å². The molecule has 29 heavy (non-hydrogen) atoms. The number of carbonyl (C=O) groups excluding carboxylic acids is 2. The number of aromatic carboxylic acids is 1. The van der Waals surface area contributed by atoms with Gasteiger partial charge >= 0.3 is 11.7 Å². The summed E-state index contributed by atoms with van der Waals surface area (Å²) in [5.41, 5.74) is 2.48. The molecular formula is C20H18N4O5. The van der Waals surface area contributed by atoms with Crippen molar-refractivity contribution in [3.05, 3.63) is 58.5 Å². The molecule has 0 aliphatic carbocycles. The van der Waals surface area contributed by atoms with E-state index in [-0.39, 0.29) is 30.0 Å². The summed E-state index contributed by atoms with van der Waals surface area (Å²) in [6.07, 6.45) is 0.463. The minimum Gasteiger partial charge on any atom is -0.478 e. The number of nitrogens with one attached hydrogen (secondary N) is 2. The van der Waals surface area contributed by atoms with Crippen LogP contribution in [-0.4, -0.2) is 32.0 Å².